The fourth-order valence-corrected chi connectivity index (χ4v) is 2.02. The van der Waals surface area contributed by atoms with Crippen molar-refractivity contribution in [3.8, 4) is 5.75 Å². The lowest BCUT2D eigenvalue weighted by Crippen LogP contribution is -2.02. The molecule has 0 aliphatic rings. The Morgan fingerprint density at radius 2 is 1.00 bits per heavy atom. The smallest absolute Gasteiger partial charge is 0.202 e. The molecule has 0 aliphatic carbocycles. The summed E-state index contributed by atoms with van der Waals surface area (Å²) in [6.45, 7) is 0. The first-order valence-electron chi connectivity index (χ1n) is 4.30. The van der Waals surface area contributed by atoms with Crippen LogP contribution in [0.2, 0.25) is 0 Å². The van der Waals surface area contributed by atoms with E-state index in [-0.39, 0.29) is 0 Å². The van der Waals surface area contributed by atoms with Crippen molar-refractivity contribution >= 4 is 26.7 Å². The standard InChI is InChI=1S/C10HBrF6O/c11-3-1-2(6(14)9(17)10(3)18)5(13)8(16)7(15)4(1)12/h18H. The van der Waals surface area contributed by atoms with E-state index in [1.54, 1.807) is 0 Å². The molecule has 96 valence electrons. The zero-order valence-electron chi connectivity index (χ0n) is 8.09. The highest BCUT2D eigenvalue weighted by molar-refractivity contribution is 9.10. The topological polar surface area (TPSA) is 20.2 Å². The van der Waals surface area contributed by atoms with Crippen LogP contribution >= 0.6 is 15.9 Å². The molecular formula is C10HBrF6O. The molecule has 0 saturated heterocycles. The first-order valence-corrected chi connectivity index (χ1v) is 5.09. The first-order chi connectivity index (χ1) is 8.29. The highest BCUT2D eigenvalue weighted by Crippen LogP contribution is 2.40. The van der Waals surface area contributed by atoms with E-state index in [9.17, 15) is 26.3 Å². The second-order valence-electron chi connectivity index (χ2n) is 3.30. The van der Waals surface area contributed by atoms with Gasteiger partial charge >= 0.3 is 0 Å². The van der Waals surface area contributed by atoms with Crippen molar-refractivity contribution in [2.75, 3.05) is 0 Å². The normalized spacial score (nSPS) is 11.3. The van der Waals surface area contributed by atoms with E-state index < -0.39 is 55.9 Å². The minimum Gasteiger partial charge on any atom is -0.504 e. The molecule has 2 aromatic carbocycles. The number of aromatic hydroxyl groups is 1. The van der Waals surface area contributed by atoms with E-state index >= 15 is 0 Å². The molecule has 2 aromatic rings. The van der Waals surface area contributed by atoms with Crippen LogP contribution in [-0.2, 0) is 0 Å². The van der Waals surface area contributed by atoms with Crippen molar-refractivity contribution in [1.82, 2.24) is 0 Å². The Hall–Kier alpha value is -1.44. The zero-order chi connectivity index (χ0) is 13.8. The molecule has 0 heterocycles. The molecule has 1 N–H and O–H groups in total. The Bertz CT molecular complexity index is 571. The van der Waals surface area contributed by atoms with Gasteiger partial charge in [0.15, 0.2) is 34.8 Å². The maximum absolute atomic E-state index is 13.4. The van der Waals surface area contributed by atoms with Crippen LogP contribution in [0.1, 0.15) is 0 Å². The van der Waals surface area contributed by atoms with Crippen molar-refractivity contribution in [3.63, 3.8) is 0 Å². The Morgan fingerprint density at radius 1 is 0.611 bits per heavy atom. The van der Waals surface area contributed by atoms with Crippen LogP contribution in [0.25, 0.3) is 10.8 Å². The van der Waals surface area contributed by atoms with Crippen molar-refractivity contribution in [3.05, 3.63) is 39.4 Å². The molecule has 0 saturated carbocycles. The van der Waals surface area contributed by atoms with Crippen LogP contribution in [0.5, 0.6) is 5.75 Å². The molecule has 0 aliphatic heterocycles. The predicted octanol–water partition coefficient (Wildman–Crippen LogP) is 4.14. The third-order valence-corrected chi connectivity index (χ3v) is 3.09. The Kier molecular flexibility index (Phi) is 2.92. The average molecular weight is 331 g/mol. The molecule has 2 rings (SSSR count). The van der Waals surface area contributed by atoms with Gasteiger partial charge in [-0.15, -0.1) is 0 Å². The average Bonchev–Trinajstić information content (AvgIpc) is 2.35. The number of hydrogen-bond acceptors (Lipinski definition) is 1. The van der Waals surface area contributed by atoms with Crippen LogP contribution in [0.4, 0.5) is 26.3 Å². The summed E-state index contributed by atoms with van der Waals surface area (Å²) >= 11 is 2.46. The molecular weight excluding hydrogens is 330 g/mol. The molecule has 8 heteroatoms. The number of fused-ring (bicyclic) bond motifs is 1. The van der Waals surface area contributed by atoms with E-state index in [0.29, 0.717) is 0 Å². The van der Waals surface area contributed by atoms with Gasteiger partial charge < -0.3 is 5.11 Å². The third-order valence-electron chi connectivity index (χ3n) is 2.31. The lowest BCUT2D eigenvalue weighted by molar-refractivity contribution is 0.397. The van der Waals surface area contributed by atoms with E-state index in [0.717, 1.165) is 0 Å². The van der Waals surface area contributed by atoms with Gasteiger partial charge in [-0.1, -0.05) is 0 Å². The highest BCUT2D eigenvalue weighted by atomic mass is 79.9. The third kappa shape index (κ3) is 1.48. The largest absolute Gasteiger partial charge is 0.504 e. The number of benzene rings is 2. The van der Waals surface area contributed by atoms with E-state index in [1.165, 1.54) is 0 Å². The molecule has 0 bridgehead atoms. The van der Waals surface area contributed by atoms with Crippen LogP contribution in [0, 0.1) is 34.9 Å². The lowest BCUT2D eigenvalue weighted by Gasteiger charge is -2.10. The minimum absolute atomic E-state index is 0.813. The summed E-state index contributed by atoms with van der Waals surface area (Å²) in [6.07, 6.45) is 0. The molecule has 0 radical (unpaired) electrons. The predicted molar refractivity (Wildman–Crippen MR) is 53.1 cm³/mol. The summed E-state index contributed by atoms with van der Waals surface area (Å²) in [6, 6.07) is 0. The second-order valence-corrected chi connectivity index (χ2v) is 4.09. The van der Waals surface area contributed by atoms with Crippen molar-refractivity contribution in [2.45, 2.75) is 0 Å². The van der Waals surface area contributed by atoms with Gasteiger partial charge in [0.1, 0.15) is 0 Å². The summed E-state index contributed by atoms with van der Waals surface area (Å²) in [5.41, 5.74) is 0. The molecule has 0 spiro atoms. The SMILES string of the molecule is Oc1c(F)c(F)c2c(F)c(F)c(F)c(F)c2c1Br. The van der Waals surface area contributed by atoms with Crippen LogP contribution in [-0.4, -0.2) is 5.11 Å². The molecule has 0 fully saturated rings. The van der Waals surface area contributed by atoms with Crippen molar-refractivity contribution in [2.24, 2.45) is 0 Å². The zero-order valence-corrected chi connectivity index (χ0v) is 9.68. The quantitative estimate of drug-likeness (QED) is 0.437. The molecule has 0 atom stereocenters. The highest BCUT2D eigenvalue weighted by Gasteiger charge is 2.29. The molecule has 0 unspecified atom stereocenters. The van der Waals surface area contributed by atoms with Gasteiger partial charge in [0.25, 0.3) is 0 Å². The van der Waals surface area contributed by atoms with Gasteiger partial charge in [-0.25, -0.2) is 22.0 Å². The summed E-state index contributed by atoms with van der Waals surface area (Å²) in [5.74, 6) is -13.8. The molecule has 18 heavy (non-hydrogen) atoms. The van der Waals surface area contributed by atoms with Gasteiger partial charge in [0.05, 0.1) is 9.86 Å². The van der Waals surface area contributed by atoms with E-state index in [2.05, 4.69) is 15.9 Å². The van der Waals surface area contributed by atoms with Gasteiger partial charge in [-0.3, -0.25) is 0 Å². The monoisotopic (exact) mass is 330 g/mol. The van der Waals surface area contributed by atoms with Crippen LogP contribution in [0.3, 0.4) is 0 Å². The fourth-order valence-electron chi connectivity index (χ4n) is 1.47. The fraction of sp³-hybridized carbons (Fsp3) is 0. The maximum Gasteiger partial charge on any atom is 0.202 e. The minimum atomic E-state index is -2.27. The van der Waals surface area contributed by atoms with Gasteiger partial charge in [-0.05, 0) is 15.9 Å². The number of phenolic OH excluding ortho intramolecular Hbond substituents is 1. The Labute approximate surface area is 104 Å². The Balaban J connectivity index is 3.22. The lowest BCUT2D eigenvalue weighted by atomic mass is 10.1. The second kappa shape index (κ2) is 4.04. The van der Waals surface area contributed by atoms with Crippen LogP contribution in [0.15, 0.2) is 4.47 Å². The summed E-state index contributed by atoms with van der Waals surface area (Å²) in [7, 11) is 0. The number of halogens is 7. The first kappa shape index (κ1) is 13.0. The maximum atomic E-state index is 13.4. The van der Waals surface area contributed by atoms with Crippen LogP contribution < -0.4 is 0 Å². The molecule has 0 amide bonds. The van der Waals surface area contributed by atoms with Crippen molar-refractivity contribution in [1.29, 1.82) is 0 Å². The summed E-state index contributed by atoms with van der Waals surface area (Å²) in [5, 5.41) is 6.55. The number of phenols is 1. The summed E-state index contributed by atoms with van der Waals surface area (Å²) < 4.78 is 78.2. The van der Waals surface area contributed by atoms with E-state index in [4.69, 9.17) is 5.11 Å². The molecule has 1 nitrogen and oxygen atoms in total. The van der Waals surface area contributed by atoms with Gasteiger partial charge in [0.2, 0.25) is 5.82 Å². The van der Waals surface area contributed by atoms with Crippen molar-refractivity contribution < 1.29 is 31.4 Å². The summed E-state index contributed by atoms with van der Waals surface area (Å²) in [4.78, 5) is 0. The number of rotatable bonds is 0. The molecule has 0 aromatic heterocycles. The van der Waals surface area contributed by atoms with E-state index in [1.807, 2.05) is 0 Å². The van der Waals surface area contributed by atoms with Gasteiger partial charge in [0, 0.05) is 5.39 Å². The van der Waals surface area contributed by atoms with Gasteiger partial charge in [-0.2, -0.15) is 4.39 Å². The number of hydrogen-bond donors (Lipinski definition) is 1. The Morgan fingerprint density at radius 3 is 1.50 bits per heavy atom.